The number of para-hydroxylation sites is 1. The molecule has 5 aromatic rings. The molecule has 22 heteroatoms. The number of benzene rings is 4. The molecule has 15 N–H and O–H groups in total. The molecule has 1 saturated heterocycles. The summed E-state index contributed by atoms with van der Waals surface area (Å²) < 4.78 is 0. The molecule has 10 atom stereocenters. The van der Waals surface area contributed by atoms with E-state index in [2.05, 4.69) is 42.2 Å². The molecule has 20 nitrogen and oxygen atoms in total. The summed E-state index contributed by atoms with van der Waals surface area (Å²) in [5, 5.41) is 52.6. The van der Waals surface area contributed by atoms with Gasteiger partial charge in [0.1, 0.15) is 36.3 Å². The third-order valence-electron chi connectivity index (χ3n) is 12.8. The molecule has 6 rings (SSSR count). The van der Waals surface area contributed by atoms with Gasteiger partial charge in [-0.15, -0.1) is 0 Å². The zero-order valence-corrected chi connectivity index (χ0v) is 43.5. The topological polar surface area (TPSA) is 332 Å². The number of aliphatic hydroxyl groups excluding tert-OH is 3. The number of carbonyl (C=O) groups is 7. The van der Waals surface area contributed by atoms with Crippen molar-refractivity contribution in [3.8, 4) is 0 Å². The SMILES string of the molecule is C[C@@H](O)[C@@H]1NC(=O)[C@H](CCCCN)NC(=O)[C@@H](Cc2c[nH]c3ccccc23)NC(=O)[C@H](Cc2ccc3ccccc3c2)NC(=O)[C@@H](NC(=O)[C@H](N)Cc2ccccc2)CSSC[C@@H](C(=O)N[C@H](CO)[C@@H](C)O)NC1=O. The van der Waals surface area contributed by atoms with Gasteiger partial charge in [0.2, 0.25) is 41.4 Å². The zero-order valence-electron chi connectivity index (χ0n) is 41.8. The third-order valence-corrected chi connectivity index (χ3v) is 15.2. The van der Waals surface area contributed by atoms with E-state index in [1.807, 2.05) is 84.9 Å². The number of rotatable bonds is 17. The molecule has 0 bridgehead atoms. The summed E-state index contributed by atoms with van der Waals surface area (Å²) in [4.78, 5) is 104. The fourth-order valence-electron chi connectivity index (χ4n) is 8.48. The Balaban J connectivity index is 1.41. The van der Waals surface area contributed by atoms with Crippen molar-refractivity contribution >= 4 is 84.6 Å². The molecule has 402 valence electrons. The second-order valence-corrected chi connectivity index (χ2v) is 21.2. The van der Waals surface area contributed by atoms with Gasteiger partial charge in [-0.2, -0.15) is 0 Å². The first-order valence-corrected chi connectivity index (χ1v) is 27.4. The first-order chi connectivity index (χ1) is 36.0. The second kappa shape index (κ2) is 28.4. The average molecular weight is 1070 g/mol. The highest BCUT2D eigenvalue weighted by molar-refractivity contribution is 8.76. The van der Waals surface area contributed by atoms with E-state index in [-0.39, 0.29) is 43.7 Å². The highest BCUT2D eigenvalue weighted by Gasteiger charge is 2.36. The molecular weight excluding hydrogens is 1000 g/mol. The van der Waals surface area contributed by atoms with Crippen LogP contribution in [0.4, 0.5) is 0 Å². The van der Waals surface area contributed by atoms with Gasteiger partial charge in [-0.25, -0.2) is 0 Å². The minimum atomic E-state index is -1.67. The van der Waals surface area contributed by atoms with Crippen LogP contribution in [0, 0.1) is 0 Å². The Kier molecular flexibility index (Phi) is 21.9. The summed E-state index contributed by atoms with van der Waals surface area (Å²) >= 11 is 0. The Morgan fingerprint density at radius 3 is 2.05 bits per heavy atom. The Morgan fingerprint density at radius 1 is 0.707 bits per heavy atom. The van der Waals surface area contributed by atoms with Crippen molar-refractivity contribution < 1.29 is 48.9 Å². The van der Waals surface area contributed by atoms with E-state index in [1.165, 1.54) is 13.8 Å². The fraction of sp³-hybridized carbons (Fsp3) is 0.415. The first-order valence-electron chi connectivity index (χ1n) is 24.9. The number of nitrogens with two attached hydrogens (primary N) is 2. The molecule has 0 spiro atoms. The molecule has 1 aliphatic rings. The van der Waals surface area contributed by atoms with Gasteiger partial charge in [0.05, 0.1) is 30.9 Å². The lowest BCUT2D eigenvalue weighted by atomic mass is 9.99. The maximum Gasteiger partial charge on any atom is 0.245 e. The summed E-state index contributed by atoms with van der Waals surface area (Å²) in [7, 11) is 2.06. The van der Waals surface area contributed by atoms with Crippen molar-refractivity contribution in [2.75, 3.05) is 24.7 Å². The third kappa shape index (κ3) is 16.7. The number of aliphatic hydroxyl groups is 3. The van der Waals surface area contributed by atoms with Crippen molar-refractivity contribution in [3.05, 3.63) is 120 Å². The normalized spacial score (nSPS) is 22.3. The summed E-state index contributed by atoms with van der Waals surface area (Å²) in [5.74, 6) is -6.05. The van der Waals surface area contributed by atoms with E-state index in [1.54, 1.807) is 18.3 Å². The lowest BCUT2D eigenvalue weighted by Gasteiger charge is -2.29. The Bertz CT molecular complexity index is 2750. The predicted octanol–water partition coefficient (Wildman–Crippen LogP) is 0.348. The summed E-state index contributed by atoms with van der Waals surface area (Å²) in [6.45, 7) is 2.22. The number of nitrogens with one attached hydrogen (secondary N) is 8. The number of H-pyrrole nitrogens is 1. The van der Waals surface area contributed by atoms with Crippen LogP contribution >= 0.6 is 21.6 Å². The van der Waals surface area contributed by atoms with Crippen molar-refractivity contribution in [3.63, 3.8) is 0 Å². The van der Waals surface area contributed by atoms with Crippen molar-refractivity contribution in [2.24, 2.45) is 11.5 Å². The Labute approximate surface area is 442 Å². The van der Waals surface area contributed by atoms with E-state index >= 15 is 0 Å². The van der Waals surface area contributed by atoms with E-state index in [0.717, 1.165) is 48.8 Å². The van der Waals surface area contributed by atoms with Crippen LogP contribution < -0.4 is 48.7 Å². The fourth-order valence-corrected chi connectivity index (χ4v) is 10.8. The van der Waals surface area contributed by atoms with Crippen molar-refractivity contribution in [1.82, 2.24) is 42.2 Å². The van der Waals surface area contributed by atoms with Crippen LogP contribution in [-0.4, -0.2) is 147 Å². The van der Waals surface area contributed by atoms with Gasteiger partial charge < -0.3 is 69.0 Å². The van der Waals surface area contributed by atoms with Crippen LogP contribution in [0.25, 0.3) is 21.7 Å². The highest BCUT2D eigenvalue weighted by Crippen LogP contribution is 2.25. The first kappa shape index (κ1) is 57.7. The van der Waals surface area contributed by atoms with Gasteiger partial charge in [-0.3, -0.25) is 33.6 Å². The molecule has 1 aliphatic heterocycles. The monoisotopic (exact) mass is 1070 g/mol. The number of carbonyl (C=O) groups excluding carboxylic acids is 7. The standard InChI is InChI=1S/C53H68N10O10S2/c1-30(65)43(27-64)60-52(72)45-29-75-74-28-44(61-47(67)38(55)23-32-12-4-3-5-13-32)51(71)58-41(24-33-19-20-34-14-6-7-15-35(34)22-33)49(69)59-42(25-36-26-56-39-17-9-8-16-37(36)39)50(70)57-40(18-10-11-21-54)48(68)63-46(31(2)66)53(73)62-45/h3-9,12-17,19-20,22,26,30-31,38,40-46,56,64-66H,10-11,18,21,23-25,27-29,54-55H2,1-2H3,(H,57,70)(H,58,71)(H,59,69)(H,60,72)(H,61,67)(H,62,73)(H,63,68)/t30-,31-,38-,40+,41+,42-,43-,44+,45+,46+/m1/s1. The quantitative estimate of drug-likeness (QED) is 0.0442. The van der Waals surface area contributed by atoms with E-state index < -0.39 is 108 Å². The number of amides is 7. The van der Waals surface area contributed by atoms with Crippen LogP contribution in [0.2, 0.25) is 0 Å². The van der Waals surface area contributed by atoms with Gasteiger partial charge in [0, 0.05) is 41.4 Å². The number of hydrogen-bond acceptors (Lipinski definition) is 14. The lowest BCUT2D eigenvalue weighted by Crippen LogP contribution is -2.62. The number of aromatic nitrogens is 1. The molecule has 0 unspecified atom stereocenters. The Morgan fingerprint density at radius 2 is 1.35 bits per heavy atom. The predicted molar refractivity (Wildman–Crippen MR) is 290 cm³/mol. The molecule has 1 aromatic heterocycles. The van der Waals surface area contributed by atoms with Crippen molar-refractivity contribution in [1.29, 1.82) is 0 Å². The maximum absolute atomic E-state index is 15.0. The maximum atomic E-state index is 15.0. The minimum absolute atomic E-state index is 0.0280. The van der Waals surface area contributed by atoms with Gasteiger partial charge >= 0.3 is 0 Å². The molecule has 2 heterocycles. The largest absolute Gasteiger partial charge is 0.394 e. The molecule has 4 aromatic carbocycles. The van der Waals surface area contributed by atoms with Crippen LogP contribution in [0.5, 0.6) is 0 Å². The zero-order chi connectivity index (χ0) is 54.0. The number of hydrogen-bond donors (Lipinski definition) is 13. The van der Waals surface area contributed by atoms with E-state index in [0.29, 0.717) is 24.0 Å². The van der Waals surface area contributed by atoms with Crippen molar-refractivity contribution in [2.45, 2.75) is 113 Å². The smallest absolute Gasteiger partial charge is 0.245 e. The van der Waals surface area contributed by atoms with Crippen LogP contribution in [0.1, 0.15) is 49.8 Å². The minimum Gasteiger partial charge on any atom is -0.394 e. The molecule has 0 aliphatic carbocycles. The molecular formula is C53H68N10O10S2. The Hall–Kier alpha value is -6.53. The number of fused-ring (bicyclic) bond motifs is 2. The molecule has 7 amide bonds. The number of aromatic amines is 1. The summed E-state index contributed by atoms with van der Waals surface area (Å²) in [6.07, 6.45) is -0.218. The van der Waals surface area contributed by atoms with Gasteiger partial charge in [0.15, 0.2) is 0 Å². The molecule has 0 radical (unpaired) electrons. The van der Waals surface area contributed by atoms with Crippen LogP contribution in [0.15, 0.2) is 103 Å². The second-order valence-electron chi connectivity index (χ2n) is 18.7. The number of unbranched alkanes of at least 4 members (excludes halogenated alkanes) is 1. The van der Waals surface area contributed by atoms with Crippen LogP contribution in [0.3, 0.4) is 0 Å². The average Bonchev–Trinajstić information content (AvgIpc) is 3.80. The highest BCUT2D eigenvalue weighted by atomic mass is 33.1. The summed E-state index contributed by atoms with van der Waals surface area (Å²) in [6, 6.07) is 18.9. The van der Waals surface area contributed by atoms with Crippen LogP contribution in [-0.2, 0) is 52.8 Å². The van der Waals surface area contributed by atoms with Gasteiger partial charge in [0.25, 0.3) is 0 Å². The lowest BCUT2D eigenvalue weighted by molar-refractivity contribution is -0.136. The van der Waals surface area contributed by atoms with Gasteiger partial charge in [-0.1, -0.05) is 113 Å². The van der Waals surface area contributed by atoms with Gasteiger partial charge in [-0.05, 0) is 79.6 Å². The summed E-state index contributed by atoms with van der Waals surface area (Å²) in [5.41, 5.74) is 15.1. The van der Waals surface area contributed by atoms with E-state index in [4.69, 9.17) is 11.5 Å². The molecule has 0 saturated carbocycles. The molecule has 75 heavy (non-hydrogen) atoms. The molecule has 1 fully saturated rings. The van der Waals surface area contributed by atoms with E-state index in [9.17, 15) is 48.9 Å².